The van der Waals surface area contributed by atoms with E-state index in [9.17, 15) is 13.6 Å². The number of hydrogen-bond donors (Lipinski definition) is 1. The summed E-state index contributed by atoms with van der Waals surface area (Å²) in [6.45, 7) is 1.68. The quantitative estimate of drug-likeness (QED) is 0.779. The molecule has 1 heterocycles. The molecule has 0 saturated carbocycles. The number of carbonyl (C=O) groups excluding carboxylic acids is 1. The fourth-order valence-electron chi connectivity index (χ4n) is 2.68. The van der Waals surface area contributed by atoms with E-state index in [0.29, 0.717) is 10.1 Å². The lowest BCUT2D eigenvalue weighted by Crippen LogP contribution is -2.27. The van der Waals surface area contributed by atoms with Crippen molar-refractivity contribution in [1.29, 1.82) is 0 Å². The molecule has 1 fully saturated rings. The van der Waals surface area contributed by atoms with Crippen LogP contribution in [0.5, 0.6) is 0 Å². The SMILES string of the molecule is C[C@@H](NC(=O)c1ccc(C2SCCCS2)cc1)c1ccc(F)cc1F. The molecule has 0 aliphatic carbocycles. The lowest BCUT2D eigenvalue weighted by molar-refractivity contribution is 0.0939. The van der Waals surface area contributed by atoms with Crippen molar-refractivity contribution >= 4 is 29.4 Å². The smallest absolute Gasteiger partial charge is 0.251 e. The summed E-state index contributed by atoms with van der Waals surface area (Å²) in [4.78, 5) is 12.4. The average molecular weight is 379 g/mol. The van der Waals surface area contributed by atoms with Crippen molar-refractivity contribution in [3.63, 3.8) is 0 Å². The van der Waals surface area contributed by atoms with Crippen molar-refractivity contribution in [1.82, 2.24) is 5.32 Å². The second-order valence-corrected chi connectivity index (χ2v) is 8.63. The zero-order valence-corrected chi connectivity index (χ0v) is 15.4. The van der Waals surface area contributed by atoms with Gasteiger partial charge in [-0.2, -0.15) is 0 Å². The first-order valence-electron chi connectivity index (χ1n) is 8.13. The third-order valence-corrected chi connectivity index (χ3v) is 7.06. The lowest BCUT2D eigenvalue weighted by Gasteiger charge is -2.21. The first-order chi connectivity index (χ1) is 12.0. The van der Waals surface area contributed by atoms with Crippen LogP contribution in [-0.4, -0.2) is 17.4 Å². The van der Waals surface area contributed by atoms with Gasteiger partial charge in [0.1, 0.15) is 11.6 Å². The predicted molar refractivity (Wildman–Crippen MR) is 101 cm³/mol. The van der Waals surface area contributed by atoms with Crippen LogP contribution in [0.15, 0.2) is 42.5 Å². The largest absolute Gasteiger partial charge is 0.345 e. The Hall–Kier alpha value is -1.53. The van der Waals surface area contributed by atoms with Crippen molar-refractivity contribution in [2.24, 2.45) is 0 Å². The minimum absolute atomic E-state index is 0.265. The number of amides is 1. The van der Waals surface area contributed by atoms with Crippen LogP contribution in [0.4, 0.5) is 8.78 Å². The highest BCUT2D eigenvalue weighted by Crippen LogP contribution is 2.43. The number of halogens is 2. The van der Waals surface area contributed by atoms with Crippen LogP contribution < -0.4 is 5.32 Å². The second kappa shape index (κ2) is 8.23. The van der Waals surface area contributed by atoms with E-state index in [1.165, 1.54) is 35.6 Å². The van der Waals surface area contributed by atoms with E-state index in [4.69, 9.17) is 0 Å². The highest BCUT2D eigenvalue weighted by molar-refractivity contribution is 8.16. The molecule has 1 N–H and O–H groups in total. The Morgan fingerprint density at radius 3 is 2.44 bits per heavy atom. The van der Waals surface area contributed by atoms with Crippen LogP contribution in [0.25, 0.3) is 0 Å². The average Bonchev–Trinajstić information content (AvgIpc) is 2.62. The molecule has 132 valence electrons. The van der Waals surface area contributed by atoms with Crippen molar-refractivity contribution in [2.45, 2.75) is 24.0 Å². The number of carbonyl (C=O) groups is 1. The Morgan fingerprint density at radius 1 is 1.12 bits per heavy atom. The van der Waals surface area contributed by atoms with E-state index < -0.39 is 17.7 Å². The lowest BCUT2D eigenvalue weighted by atomic mass is 10.1. The number of hydrogen-bond acceptors (Lipinski definition) is 3. The third kappa shape index (κ3) is 4.55. The van der Waals surface area contributed by atoms with Crippen molar-refractivity contribution < 1.29 is 13.6 Å². The molecule has 6 heteroatoms. The second-order valence-electron chi connectivity index (χ2n) is 5.91. The molecule has 1 atom stereocenters. The van der Waals surface area contributed by atoms with Gasteiger partial charge in [-0.3, -0.25) is 4.79 Å². The molecule has 1 saturated heterocycles. The molecular weight excluding hydrogens is 360 g/mol. The predicted octanol–water partition coefficient (Wildman–Crippen LogP) is 5.32. The highest BCUT2D eigenvalue weighted by Gasteiger charge is 2.18. The summed E-state index contributed by atoms with van der Waals surface area (Å²) < 4.78 is 27.2. The van der Waals surface area contributed by atoms with Crippen LogP contribution in [0, 0.1) is 11.6 Å². The molecule has 1 amide bonds. The Bertz CT molecular complexity index is 746. The van der Waals surface area contributed by atoms with Gasteiger partial charge in [0.05, 0.1) is 10.6 Å². The Labute approximate surface area is 154 Å². The molecule has 3 rings (SSSR count). The maximum atomic E-state index is 13.8. The van der Waals surface area contributed by atoms with E-state index in [-0.39, 0.29) is 11.5 Å². The monoisotopic (exact) mass is 379 g/mol. The summed E-state index contributed by atoms with van der Waals surface area (Å²) in [5, 5.41) is 2.76. The first kappa shape index (κ1) is 18.3. The van der Waals surface area contributed by atoms with E-state index >= 15 is 0 Å². The van der Waals surface area contributed by atoms with Gasteiger partial charge in [-0.05, 0) is 48.6 Å². The Morgan fingerprint density at radius 2 is 1.80 bits per heavy atom. The Balaban J connectivity index is 1.66. The molecule has 0 spiro atoms. The Kier molecular flexibility index (Phi) is 6.02. The standard InChI is InChI=1S/C19H19F2NOS2/c1-12(16-8-7-15(20)11-17(16)21)22-18(23)13-3-5-14(6-4-13)19-24-9-2-10-25-19/h3-8,11-12,19H,2,9-10H2,1H3,(H,22,23)/t12-/m1/s1. The van der Waals surface area contributed by atoms with Gasteiger partial charge in [-0.15, -0.1) is 23.5 Å². The molecule has 1 aliphatic heterocycles. The molecule has 2 aromatic rings. The minimum atomic E-state index is -0.658. The maximum Gasteiger partial charge on any atom is 0.251 e. The van der Waals surface area contributed by atoms with E-state index in [1.54, 1.807) is 19.1 Å². The van der Waals surface area contributed by atoms with Gasteiger partial charge in [0.15, 0.2) is 0 Å². The van der Waals surface area contributed by atoms with Crippen LogP contribution in [-0.2, 0) is 0 Å². The number of nitrogens with one attached hydrogen (secondary N) is 1. The van der Waals surface area contributed by atoms with Crippen LogP contribution in [0.3, 0.4) is 0 Å². The molecule has 0 aromatic heterocycles. The molecule has 0 bridgehead atoms. The molecule has 0 radical (unpaired) electrons. The van der Waals surface area contributed by atoms with Gasteiger partial charge >= 0.3 is 0 Å². The minimum Gasteiger partial charge on any atom is -0.345 e. The molecular formula is C19H19F2NOS2. The van der Waals surface area contributed by atoms with E-state index in [1.807, 2.05) is 35.7 Å². The third-order valence-electron chi connectivity index (χ3n) is 4.05. The molecule has 0 unspecified atom stereocenters. The van der Waals surface area contributed by atoms with Crippen LogP contribution in [0.2, 0.25) is 0 Å². The summed E-state index contributed by atoms with van der Waals surface area (Å²) >= 11 is 3.86. The van der Waals surface area contributed by atoms with E-state index in [2.05, 4.69) is 5.32 Å². The number of benzene rings is 2. The van der Waals surface area contributed by atoms with Gasteiger partial charge < -0.3 is 5.32 Å². The van der Waals surface area contributed by atoms with Crippen molar-refractivity contribution in [3.8, 4) is 0 Å². The molecule has 2 nitrogen and oxygen atoms in total. The van der Waals surface area contributed by atoms with Gasteiger partial charge in [0.2, 0.25) is 0 Å². The fraction of sp³-hybridized carbons (Fsp3) is 0.316. The van der Waals surface area contributed by atoms with Gasteiger partial charge in [-0.25, -0.2) is 8.78 Å². The molecule has 1 aliphatic rings. The fourth-order valence-corrected chi connectivity index (χ4v) is 5.58. The zero-order chi connectivity index (χ0) is 17.8. The van der Waals surface area contributed by atoms with Crippen LogP contribution >= 0.6 is 23.5 Å². The topological polar surface area (TPSA) is 29.1 Å². The number of thioether (sulfide) groups is 2. The molecule has 2 aromatic carbocycles. The van der Waals surface area contributed by atoms with Gasteiger partial charge in [0.25, 0.3) is 5.91 Å². The summed E-state index contributed by atoms with van der Waals surface area (Å²) in [6, 6.07) is 10.4. The van der Waals surface area contributed by atoms with Crippen molar-refractivity contribution in [3.05, 3.63) is 70.8 Å². The summed E-state index contributed by atoms with van der Waals surface area (Å²) in [5.74, 6) is 0.774. The maximum absolute atomic E-state index is 13.8. The highest BCUT2D eigenvalue weighted by atomic mass is 32.2. The van der Waals surface area contributed by atoms with E-state index in [0.717, 1.165) is 6.07 Å². The van der Waals surface area contributed by atoms with Gasteiger partial charge in [-0.1, -0.05) is 18.2 Å². The van der Waals surface area contributed by atoms with Gasteiger partial charge in [0, 0.05) is 17.2 Å². The number of rotatable bonds is 4. The van der Waals surface area contributed by atoms with Crippen molar-refractivity contribution in [2.75, 3.05) is 11.5 Å². The first-order valence-corrected chi connectivity index (χ1v) is 10.2. The summed E-state index contributed by atoms with van der Waals surface area (Å²) in [5.41, 5.74) is 2.01. The summed E-state index contributed by atoms with van der Waals surface area (Å²) in [7, 11) is 0. The molecule has 25 heavy (non-hydrogen) atoms. The normalized spacial score (nSPS) is 16.4. The van der Waals surface area contributed by atoms with Crippen LogP contribution in [0.1, 0.15) is 45.5 Å². The zero-order valence-electron chi connectivity index (χ0n) is 13.8. The summed E-state index contributed by atoms with van der Waals surface area (Å²) in [6.07, 6.45) is 1.24.